The number of carbonyl (C=O) groups is 2. The van der Waals surface area contributed by atoms with E-state index in [1.807, 2.05) is 0 Å². The highest BCUT2D eigenvalue weighted by molar-refractivity contribution is 7.36. The molecule has 0 bridgehead atoms. The quantitative estimate of drug-likeness (QED) is 0.235. The maximum atomic E-state index is 12.2. The number of rotatable bonds is 7. The Balaban J connectivity index is 1.27. The van der Waals surface area contributed by atoms with Crippen molar-refractivity contribution in [3.63, 3.8) is 0 Å². The highest BCUT2D eigenvalue weighted by Gasteiger charge is 2.64. The summed E-state index contributed by atoms with van der Waals surface area (Å²) in [5, 5.41) is 2.20. The van der Waals surface area contributed by atoms with Crippen LogP contribution in [0.3, 0.4) is 0 Å². The lowest BCUT2D eigenvalue weighted by Gasteiger charge is -2.63. The molecule has 4 fully saturated rings. The molecule has 4 saturated carbocycles. The normalized spacial score (nSPS) is 35.4. The van der Waals surface area contributed by atoms with Gasteiger partial charge in [0.2, 0.25) is 8.01 Å². The van der Waals surface area contributed by atoms with Gasteiger partial charge in [-0.1, -0.05) is 57.2 Å². The van der Waals surface area contributed by atoms with Gasteiger partial charge in [0.25, 0.3) is 0 Å². The van der Waals surface area contributed by atoms with Crippen LogP contribution in [0.4, 0.5) is 0 Å². The van der Waals surface area contributed by atoms with Gasteiger partial charge in [-0.25, -0.2) is 0 Å². The van der Waals surface area contributed by atoms with Gasteiger partial charge in [-0.15, -0.1) is 0 Å². The number of benzene rings is 2. The summed E-state index contributed by atoms with van der Waals surface area (Å²) in [4.78, 5) is 24.1. The van der Waals surface area contributed by atoms with Crippen molar-refractivity contribution >= 4 is 41.9 Å². The Morgan fingerprint density at radius 2 is 1.60 bits per heavy atom. The second-order valence-electron chi connectivity index (χ2n) is 15.9. The first kappa shape index (κ1) is 32.8. The van der Waals surface area contributed by atoms with E-state index < -0.39 is 8.01 Å². The second-order valence-corrected chi connectivity index (χ2v) is 17.3. The van der Waals surface area contributed by atoms with Crippen molar-refractivity contribution in [3.05, 3.63) is 48.5 Å². The topological polar surface area (TPSA) is 78.9 Å². The third kappa shape index (κ3) is 5.85. The molecule has 47 heavy (non-hydrogen) atoms. The minimum Gasteiger partial charge on any atom is -0.469 e. The highest BCUT2D eigenvalue weighted by Crippen LogP contribution is 2.71. The van der Waals surface area contributed by atoms with Gasteiger partial charge in [-0.3, -0.25) is 9.59 Å². The molecule has 2 aromatic carbocycles. The summed E-state index contributed by atoms with van der Waals surface area (Å²) in [6.07, 6.45) is 11.6. The summed E-state index contributed by atoms with van der Waals surface area (Å²) in [7, 11) is 0.281. The fourth-order valence-corrected chi connectivity index (χ4v) is 13.5. The second kappa shape index (κ2) is 13.0. The zero-order valence-corrected chi connectivity index (χ0v) is 29.8. The molecule has 7 rings (SSSR count). The van der Waals surface area contributed by atoms with Crippen molar-refractivity contribution in [2.75, 3.05) is 7.11 Å². The number of para-hydroxylation sites is 2. The van der Waals surface area contributed by atoms with E-state index in [2.05, 4.69) is 69.3 Å². The first-order chi connectivity index (χ1) is 22.6. The van der Waals surface area contributed by atoms with Crippen molar-refractivity contribution in [2.45, 2.75) is 104 Å². The van der Waals surface area contributed by atoms with Gasteiger partial charge in [0.05, 0.1) is 13.3 Å². The summed E-state index contributed by atoms with van der Waals surface area (Å²) < 4.78 is 24.6. The van der Waals surface area contributed by atoms with Gasteiger partial charge in [0.15, 0.2) is 0 Å². The molecule has 0 aliphatic heterocycles. The van der Waals surface area contributed by atoms with Crippen molar-refractivity contribution in [2.24, 2.45) is 52.3 Å². The SMILES string of the molecule is COC(=O)CC[C@@H](C)[C@H]1CC[C@H]2[C@@H]3CC[C@@H]4C[C@H](OC(C)=O)CC[C@]4(C)[C@H]3C[C@H](Cp3oc4ccccc4c4ccccc4o3)[C@]12C. The fraction of sp³-hybridized carbons (Fsp3) is 0.650. The molecule has 254 valence electrons. The van der Waals surface area contributed by atoms with Crippen LogP contribution < -0.4 is 0 Å². The highest BCUT2D eigenvalue weighted by atomic mass is 31.1. The van der Waals surface area contributed by atoms with E-state index in [9.17, 15) is 9.59 Å². The predicted octanol–water partition coefficient (Wildman–Crippen LogP) is 10.7. The minimum atomic E-state index is -1.22. The maximum absolute atomic E-state index is 12.2. The van der Waals surface area contributed by atoms with E-state index >= 15 is 0 Å². The molecule has 1 heterocycles. The van der Waals surface area contributed by atoms with Gasteiger partial charge in [0.1, 0.15) is 17.3 Å². The van der Waals surface area contributed by atoms with E-state index in [1.54, 1.807) is 6.92 Å². The molecular formula is C40H53O6P. The number of fused-ring (bicyclic) bond motifs is 8. The Morgan fingerprint density at radius 3 is 2.26 bits per heavy atom. The molecule has 4 aliphatic rings. The summed E-state index contributed by atoms with van der Waals surface area (Å²) in [5.74, 6) is 3.81. The van der Waals surface area contributed by atoms with E-state index in [-0.39, 0.29) is 28.9 Å². The summed E-state index contributed by atoms with van der Waals surface area (Å²) >= 11 is 0. The van der Waals surface area contributed by atoms with Crippen LogP contribution in [0.2, 0.25) is 0 Å². The Kier molecular flexibility index (Phi) is 9.04. The number of esters is 2. The van der Waals surface area contributed by atoms with E-state index in [4.69, 9.17) is 17.9 Å². The molecule has 7 heteroatoms. The Bertz CT molecular complexity index is 1610. The van der Waals surface area contributed by atoms with Crippen LogP contribution in [0.5, 0.6) is 0 Å². The molecule has 0 unspecified atom stereocenters. The van der Waals surface area contributed by atoms with Gasteiger partial charge < -0.3 is 17.9 Å². The minimum absolute atomic E-state index is 0.0645. The maximum Gasteiger partial charge on any atom is 0.305 e. The van der Waals surface area contributed by atoms with Crippen molar-refractivity contribution in [1.29, 1.82) is 0 Å². The van der Waals surface area contributed by atoms with Crippen molar-refractivity contribution in [3.8, 4) is 0 Å². The van der Waals surface area contributed by atoms with Crippen LogP contribution in [0.15, 0.2) is 56.9 Å². The average Bonchev–Trinajstić information content (AvgIpc) is 3.34. The fourth-order valence-electron chi connectivity index (χ4n) is 11.6. The van der Waals surface area contributed by atoms with Crippen LogP contribution >= 0.6 is 8.01 Å². The molecule has 10 atom stereocenters. The lowest BCUT2D eigenvalue weighted by atomic mass is 9.42. The summed E-state index contributed by atoms with van der Waals surface area (Å²) in [5.41, 5.74) is 2.24. The summed E-state index contributed by atoms with van der Waals surface area (Å²) in [6, 6.07) is 16.8. The number of carbonyl (C=O) groups excluding carboxylic acids is 2. The van der Waals surface area contributed by atoms with Crippen LogP contribution in [0, 0.1) is 52.3 Å². The smallest absolute Gasteiger partial charge is 0.305 e. The average molecular weight is 661 g/mol. The largest absolute Gasteiger partial charge is 0.469 e. The molecule has 1 aromatic heterocycles. The zero-order chi connectivity index (χ0) is 32.9. The lowest BCUT2D eigenvalue weighted by molar-refractivity contribution is -0.167. The van der Waals surface area contributed by atoms with E-state index in [0.29, 0.717) is 47.8 Å². The van der Waals surface area contributed by atoms with Gasteiger partial charge in [-0.05, 0) is 122 Å². The van der Waals surface area contributed by atoms with Crippen molar-refractivity contribution in [1.82, 2.24) is 0 Å². The van der Waals surface area contributed by atoms with Crippen LogP contribution in [-0.2, 0) is 25.2 Å². The van der Waals surface area contributed by atoms with E-state index in [0.717, 1.165) is 53.8 Å². The van der Waals surface area contributed by atoms with Crippen molar-refractivity contribution < 1.29 is 27.5 Å². The van der Waals surface area contributed by atoms with Gasteiger partial charge in [0, 0.05) is 24.1 Å². The third-order valence-electron chi connectivity index (χ3n) is 13.9. The zero-order valence-electron chi connectivity index (χ0n) is 28.9. The summed E-state index contributed by atoms with van der Waals surface area (Å²) in [6.45, 7) is 9.14. The van der Waals surface area contributed by atoms with Gasteiger partial charge in [-0.2, -0.15) is 0 Å². The first-order valence-electron chi connectivity index (χ1n) is 18.2. The Hall–Kier alpha value is -2.72. The molecule has 0 amide bonds. The molecule has 0 radical (unpaired) electrons. The molecule has 6 nitrogen and oxygen atoms in total. The monoisotopic (exact) mass is 660 g/mol. The van der Waals surface area contributed by atoms with E-state index in [1.165, 1.54) is 39.2 Å². The number of methoxy groups -OCH3 is 1. The van der Waals surface area contributed by atoms with Crippen LogP contribution in [-0.4, -0.2) is 25.2 Å². The Morgan fingerprint density at radius 1 is 0.915 bits per heavy atom. The lowest BCUT2D eigenvalue weighted by Crippen LogP contribution is -2.57. The first-order valence-corrected chi connectivity index (χ1v) is 19.5. The van der Waals surface area contributed by atoms with Gasteiger partial charge >= 0.3 is 11.9 Å². The van der Waals surface area contributed by atoms with Crippen LogP contribution in [0.1, 0.15) is 91.9 Å². The molecule has 3 aromatic rings. The number of ether oxygens (including phenoxy) is 2. The predicted molar refractivity (Wildman–Crippen MR) is 186 cm³/mol. The molecule has 0 spiro atoms. The molecule has 0 saturated heterocycles. The molecular weight excluding hydrogens is 607 g/mol. The Labute approximate surface area is 280 Å². The van der Waals surface area contributed by atoms with Crippen LogP contribution in [0.25, 0.3) is 21.9 Å². The number of hydrogen-bond acceptors (Lipinski definition) is 6. The molecule has 4 aliphatic carbocycles. The third-order valence-corrected chi connectivity index (χ3v) is 15.4. The standard InChI is InChI=1S/C40H53O6P/c1-25(14-19-38(42)43-5)33-17-18-34-32-16-15-27-22-29(44-26(2)41)20-21-39(27,3)35(32)23-28(40(33,34)4)24-47-45-36-12-8-6-10-30(36)31-11-7-9-13-37(31)46-47/h6-13,25,27-29,32-35H,14-24H2,1-5H3/t25-,27-,28-,29-,32+,33-,34+,35+,39+,40-/m1/s1. The number of hydrogen-bond donors (Lipinski definition) is 0. The molecule has 0 N–H and O–H groups in total.